The summed E-state index contributed by atoms with van der Waals surface area (Å²) in [4.78, 5) is 27.0. The molecule has 1 aromatic heterocycles. The molecule has 30 heavy (non-hydrogen) atoms. The average molecular weight is 417 g/mol. The van der Waals surface area contributed by atoms with Crippen LogP contribution >= 0.6 is 0 Å². The van der Waals surface area contributed by atoms with E-state index in [1.54, 1.807) is 12.1 Å². The maximum atomic E-state index is 12.3. The highest BCUT2D eigenvalue weighted by Gasteiger charge is 2.11. The lowest BCUT2D eigenvalue weighted by Gasteiger charge is -2.12. The predicted molar refractivity (Wildman–Crippen MR) is 123 cm³/mol. The van der Waals surface area contributed by atoms with Crippen LogP contribution < -0.4 is 10.1 Å². The Morgan fingerprint density at radius 3 is 2.13 bits per heavy atom. The number of anilines is 1. The van der Waals surface area contributed by atoms with Gasteiger partial charge in [0.1, 0.15) is 11.6 Å². The van der Waals surface area contributed by atoms with Crippen LogP contribution in [0.1, 0.15) is 87.1 Å². The Labute approximate surface area is 180 Å². The molecule has 6 nitrogen and oxygen atoms in total. The van der Waals surface area contributed by atoms with Crippen molar-refractivity contribution in [3.63, 3.8) is 0 Å². The first kappa shape index (κ1) is 27.1. The highest BCUT2D eigenvalue weighted by Crippen LogP contribution is 2.19. The van der Waals surface area contributed by atoms with Crippen LogP contribution in [0.2, 0.25) is 0 Å². The van der Waals surface area contributed by atoms with Crippen LogP contribution in [0.5, 0.6) is 5.75 Å². The van der Waals surface area contributed by atoms with Crippen LogP contribution in [0.3, 0.4) is 0 Å². The van der Waals surface area contributed by atoms with Crippen molar-refractivity contribution < 1.29 is 19.4 Å². The third kappa shape index (κ3) is 10.6. The zero-order valence-corrected chi connectivity index (χ0v) is 19.3. The summed E-state index contributed by atoms with van der Waals surface area (Å²) < 4.78 is 5.62. The first-order valence-corrected chi connectivity index (χ1v) is 10.6. The van der Waals surface area contributed by atoms with Crippen LogP contribution in [0.15, 0.2) is 36.5 Å². The lowest BCUT2D eigenvalue weighted by Crippen LogP contribution is -2.14. The van der Waals surface area contributed by atoms with E-state index in [1.807, 2.05) is 40.7 Å². The molecule has 6 heteroatoms. The molecule has 1 amide bonds. The second kappa shape index (κ2) is 15.0. The predicted octanol–water partition coefficient (Wildman–Crippen LogP) is 6.35. The number of hydrogen-bond acceptors (Lipinski definition) is 4. The molecule has 2 N–H and O–H groups in total. The fourth-order valence-electron chi connectivity index (χ4n) is 2.36. The molecule has 0 aliphatic heterocycles. The Morgan fingerprint density at radius 2 is 1.70 bits per heavy atom. The van der Waals surface area contributed by atoms with E-state index in [2.05, 4.69) is 24.1 Å². The number of carbonyl (C=O) groups excluding carboxylic acids is 1. The summed E-state index contributed by atoms with van der Waals surface area (Å²) >= 11 is 0. The van der Waals surface area contributed by atoms with E-state index >= 15 is 0 Å². The van der Waals surface area contributed by atoms with E-state index in [0.717, 1.165) is 5.56 Å². The van der Waals surface area contributed by atoms with Gasteiger partial charge in [-0.3, -0.25) is 4.79 Å². The van der Waals surface area contributed by atoms with Gasteiger partial charge in [0.2, 0.25) is 0 Å². The Morgan fingerprint density at radius 1 is 1.07 bits per heavy atom. The number of nitrogens with one attached hydrogen (secondary N) is 1. The monoisotopic (exact) mass is 416 g/mol. The number of pyridine rings is 1. The first-order chi connectivity index (χ1) is 14.3. The molecule has 0 aliphatic rings. The number of hydrogen-bond donors (Lipinski definition) is 2. The number of carbonyl (C=O) groups is 2. The van der Waals surface area contributed by atoms with Crippen LogP contribution in [-0.2, 0) is 0 Å². The number of benzene rings is 1. The minimum absolute atomic E-state index is 0.0120. The smallest absolute Gasteiger partial charge is 0.337 e. The molecule has 2 aromatic rings. The van der Waals surface area contributed by atoms with Crippen molar-refractivity contribution in [2.45, 2.75) is 73.8 Å². The summed E-state index contributed by atoms with van der Waals surface area (Å²) in [6.45, 7) is 14.1. The maximum Gasteiger partial charge on any atom is 0.337 e. The van der Waals surface area contributed by atoms with E-state index < -0.39 is 5.97 Å². The Kier molecular flexibility index (Phi) is 13.6. The largest absolute Gasteiger partial charge is 0.491 e. The van der Waals surface area contributed by atoms with E-state index in [-0.39, 0.29) is 23.4 Å². The molecule has 166 valence electrons. The maximum absolute atomic E-state index is 12.3. The number of unbranched alkanes of at least 4 members (excludes halogenated alkanes) is 2. The number of amides is 1. The normalized spacial score (nSPS) is 9.60. The van der Waals surface area contributed by atoms with Gasteiger partial charge in [0, 0.05) is 11.8 Å². The topological polar surface area (TPSA) is 88.5 Å². The van der Waals surface area contributed by atoms with Crippen molar-refractivity contribution in [3.05, 3.63) is 53.2 Å². The van der Waals surface area contributed by atoms with Crippen LogP contribution in [0, 0.1) is 6.92 Å². The number of aromatic nitrogens is 1. The Bertz CT molecular complexity index is 769. The highest BCUT2D eigenvalue weighted by molar-refractivity contribution is 6.04. The number of nitrogens with zero attached hydrogens (tertiary/aromatic N) is 1. The summed E-state index contributed by atoms with van der Waals surface area (Å²) in [5.74, 6) is -0.491. The van der Waals surface area contributed by atoms with Crippen molar-refractivity contribution in [1.82, 2.24) is 4.98 Å². The van der Waals surface area contributed by atoms with Gasteiger partial charge in [0.15, 0.2) is 0 Å². The molecule has 0 atom stereocenters. The zero-order valence-electron chi connectivity index (χ0n) is 19.3. The van der Waals surface area contributed by atoms with Crippen molar-refractivity contribution >= 4 is 17.7 Å². The van der Waals surface area contributed by atoms with Gasteiger partial charge in [-0.2, -0.15) is 0 Å². The van der Waals surface area contributed by atoms with E-state index in [9.17, 15) is 9.59 Å². The molecule has 0 saturated carbocycles. The zero-order chi connectivity index (χ0) is 23.1. The summed E-state index contributed by atoms with van der Waals surface area (Å²) in [5, 5.41) is 11.5. The SMILES string of the molecule is CC.CCCCC.Cc1cc(OC(C)C)cc(C(=O)Nc2ccc(C(=O)O)cn2)c1. The summed E-state index contributed by atoms with van der Waals surface area (Å²) in [6.07, 6.45) is 5.28. The number of aromatic carboxylic acids is 1. The molecule has 0 fully saturated rings. The Hall–Kier alpha value is -2.89. The van der Waals surface area contributed by atoms with Gasteiger partial charge in [0.05, 0.1) is 11.7 Å². The molecule has 0 spiro atoms. The molecular weight excluding hydrogens is 380 g/mol. The van der Waals surface area contributed by atoms with Gasteiger partial charge in [-0.05, 0) is 56.7 Å². The molecule has 2 rings (SSSR count). The second-order valence-corrected chi connectivity index (χ2v) is 6.75. The van der Waals surface area contributed by atoms with E-state index in [0.29, 0.717) is 11.3 Å². The van der Waals surface area contributed by atoms with Gasteiger partial charge < -0.3 is 15.2 Å². The first-order valence-electron chi connectivity index (χ1n) is 10.6. The van der Waals surface area contributed by atoms with Gasteiger partial charge in [0.25, 0.3) is 5.91 Å². The molecule has 1 heterocycles. The molecule has 0 unspecified atom stereocenters. The number of carboxylic acid groups (broad SMARTS) is 1. The van der Waals surface area contributed by atoms with Crippen LogP contribution in [-0.4, -0.2) is 28.1 Å². The van der Waals surface area contributed by atoms with Crippen LogP contribution in [0.25, 0.3) is 0 Å². The standard InChI is InChI=1S/C17H18N2O4.C5H12.C2H6/c1-10(2)23-14-7-11(3)6-13(8-14)16(20)19-15-5-4-12(9-18-15)17(21)22;1-3-5-4-2;1-2/h4-10H,1-3H3,(H,21,22)(H,18,19,20);3-5H2,1-2H3;1-2H3. The third-order valence-electron chi connectivity index (χ3n) is 3.64. The Balaban J connectivity index is 0.00000105. The van der Waals surface area contributed by atoms with Gasteiger partial charge in [-0.15, -0.1) is 0 Å². The van der Waals surface area contributed by atoms with E-state index in [4.69, 9.17) is 9.84 Å². The highest BCUT2D eigenvalue weighted by atomic mass is 16.5. The molecule has 0 radical (unpaired) electrons. The number of carboxylic acids is 1. The van der Waals surface area contributed by atoms with Gasteiger partial charge >= 0.3 is 5.97 Å². The number of ether oxygens (including phenoxy) is 1. The fourth-order valence-corrected chi connectivity index (χ4v) is 2.36. The lowest BCUT2D eigenvalue weighted by molar-refractivity contribution is 0.0696. The molecular formula is C24H36N2O4. The minimum Gasteiger partial charge on any atom is -0.491 e. The molecule has 0 saturated heterocycles. The van der Waals surface area contributed by atoms with Crippen LogP contribution in [0.4, 0.5) is 5.82 Å². The molecule has 0 bridgehead atoms. The average Bonchev–Trinajstić information content (AvgIpc) is 2.70. The van der Waals surface area contributed by atoms with Gasteiger partial charge in [-0.1, -0.05) is 47.0 Å². The summed E-state index contributed by atoms with van der Waals surface area (Å²) in [7, 11) is 0. The quantitative estimate of drug-likeness (QED) is 0.549. The number of rotatable bonds is 7. The molecule has 0 aliphatic carbocycles. The van der Waals surface area contributed by atoms with E-state index in [1.165, 1.54) is 37.6 Å². The number of aryl methyl sites for hydroxylation is 1. The lowest BCUT2D eigenvalue weighted by atomic mass is 10.1. The molecule has 1 aromatic carbocycles. The van der Waals surface area contributed by atoms with Gasteiger partial charge in [-0.25, -0.2) is 9.78 Å². The second-order valence-electron chi connectivity index (χ2n) is 6.75. The van der Waals surface area contributed by atoms with Crippen molar-refractivity contribution in [1.29, 1.82) is 0 Å². The van der Waals surface area contributed by atoms with Crippen molar-refractivity contribution in [2.24, 2.45) is 0 Å². The minimum atomic E-state index is -1.07. The summed E-state index contributed by atoms with van der Waals surface area (Å²) in [6, 6.07) is 8.09. The third-order valence-corrected chi connectivity index (χ3v) is 3.64. The van der Waals surface area contributed by atoms with Crippen molar-refractivity contribution in [3.8, 4) is 5.75 Å². The summed E-state index contributed by atoms with van der Waals surface area (Å²) in [5.41, 5.74) is 1.42. The fraction of sp³-hybridized carbons (Fsp3) is 0.458. The van der Waals surface area contributed by atoms with Crippen molar-refractivity contribution in [2.75, 3.05) is 5.32 Å².